The summed E-state index contributed by atoms with van der Waals surface area (Å²) in [6, 6.07) is 7.85. The molecule has 1 unspecified atom stereocenters. The number of aryl methyl sites for hydroxylation is 1. The van der Waals surface area contributed by atoms with Gasteiger partial charge >= 0.3 is 5.97 Å². The minimum absolute atomic E-state index is 0.123. The molecular formula is C14H19NO4S. The summed E-state index contributed by atoms with van der Waals surface area (Å²) >= 11 is 1.46. The zero-order chi connectivity index (χ0) is 15.0. The maximum absolute atomic E-state index is 11.7. The van der Waals surface area contributed by atoms with Gasteiger partial charge in [-0.25, -0.2) is 0 Å². The SMILES string of the molecule is COC(CNC(=O)CSc1ccccc1C)CC(=O)O. The van der Waals surface area contributed by atoms with Crippen molar-refractivity contribution in [3.8, 4) is 0 Å². The number of nitrogens with one attached hydrogen (secondary N) is 1. The summed E-state index contributed by atoms with van der Waals surface area (Å²) in [6.45, 7) is 2.20. The minimum Gasteiger partial charge on any atom is -0.481 e. The van der Waals surface area contributed by atoms with E-state index in [1.165, 1.54) is 18.9 Å². The Morgan fingerprint density at radius 2 is 2.10 bits per heavy atom. The van der Waals surface area contributed by atoms with Crippen LogP contribution in [0.15, 0.2) is 29.2 Å². The van der Waals surface area contributed by atoms with Crippen LogP contribution in [-0.4, -0.2) is 42.5 Å². The van der Waals surface area contributed by atoms with E-state index < -0.39 is 12.1 Å². The molecule has 0 spiro atoms. The molecule has 0 aromatic heterocycles. The van der Waals surface area contributed by atoms with Gasteiger partial charge in [0.05, 0.1) is 18.3 Å². The summed E-state index contributed by atoms with van der Waals surface area (Å²) in [5, 5.41) is 11.3. The second-order valence-electron chi connectivity index (χ2n) is 4.31. The summed E-state index contributed by atoms with van der Waals surface area (Å²) in [5.74, 6) is -0.778. The van der Waals surface area contributed by atoms with Gasteiger partial charge in [-0.2, -0.15) is 0 Å². The molecule has 0 aliphatic carbocycles. The normalized spacial score (nSPS) is 11.9. The number of methoxy groups -OCH3 is 1. The Labute approximate surface area is 122 Å². The first-order chi connectivity index (χ1) is 9.52. The van der Waals surface area contributed by atoms with Crippen LogP contribution in [0.25, 0.3) is 0 Å². The molecule has 20 heavy (non-hydrogen) atoms. The van der Waals surface area contributed by atoms with Crippen molar-refractivity contribution in [3.05, 3.63) is 29.8 Å². The number of carboxylic acids is 1. The number of carbonyl (C=O) groups is 2. The Bertz CT molecular complexity index is 464. The number of rotatable bonds is 8. The predicted octanol–water partition coefficient (Wildman–Crippen LogP) is 1.69. The average molecular weight is 297 g/mol. The first-order valence-electron chi connectivity index (χ1n) is 6.22. The average Bonchev–Trinajstić information content (AvgIpc) is 2.42. The highest BCUT2D eigenvalue weighted by Gasteiger charge is 2.13. The van der Waals surface area contributed by atoms with Crippen molar-refractivity contribution in [1.82, 2.24) is 5.32 Å². The van der Waals surface area contributed by atoms with Crippen molar-refractivity contribution < 1.29 is 19.4 Å². The van der Waals surface area contributed by atoms with Gasteiger partial charge in [0.1, 0.15) is 0 Å². The minimum atomic E-state index is -0.944. The number of thioether (sulfide) groups is 1. The highest BCUT2D eigenvalue weighted by atomic mass is 32.2. The number of carbonyl (C=O) groups excluding carboxylic acids is 1. The van der Waals surface area contributed by atoms with Crippen molar-refractivity contribution in [1.29, 1.82) is 0 Å². The second-order valence-corrected chi connectivity index (χ2v) is 5.33. The van der Waals surface area contributed by atoms with Crippen LogP contribution < -0.4 is 5.32 Å². The van der Waals surface area contributed by atoms with Crippen molar-refractivity contribution in [3.63, 3.8) is 0 Å². The zero-order valence-electron chi connectivity index (χ0n) is 11.6. The largest absolute Gasteiger partial charge is 0.481 e. The fourth-order valence-corrected chi connectivity index (χ4v) is 2.43. The molecular weight excluding hydrogens is 278 g/mol. The van der Waals surface area contributed by atoms with Crippen LogP contribution in [0, 0.1) is 6.92 Å². The van der Waals surface area contributed by atoms with Crippen LogP contribution in [0.3, 0.4) is 0 Å². The number of aliphatic carboxylic acids is 1. The van der Waals surface area contributed by atoms with Crippen molar-refractivity contribution in [2.24, 2.45) is 0 Å². The van der Waals surface area contributed by atoms with Gasteiger partial charge in [0.15, 0.2) is 0 Å². The van der Waals surface area contributed by atoms with E-state index in [1.54, 1.807) is 0 Å². The summed E-state index contributed by atoms with van der Waals surface area (Å²) in [4.78, 5) is 23.3. The molecule has 0 saturated carbocycles. The van der Waals surface area contributed by atoms with Gasteiger partial charge in [-0.15, -0.1) is 11.8 Å². The maximum atomic E-state index is 11.7. The fourth-order valence-electron chi connectivity index (χ4n) is 1.57. The quantitative estimate of drug-likeness (QED) is 0.714. The van der Waals surface area contributed by atoms with Crippen molar-refractivity contribution in [2.45, 2.75) is 24.3 Å². The fraction of sp³-hybridized carbons (Fsp3) is 0.429. The Morgan fingerprint density at radius 3 is 2.70 bits per heavy atom. The summed E-state index contributed by atoms with van der Waals surface area (Å²) < 4.78 is 4.99. The molecule has 110 valence electrons. The standard InChI is InChI=1S/C14H19NO4S/c1-10-5-3-4-6-12(10)20-9-13(16)15-8-11(19-2)7-14(17)18/h3-6,11H,7-9H2,1-2H3,(H,15,16)(H,17,18). The molecule has 1 atom stereocenters. The van der Waals surface area contributed by atoms with Crippen molar-refractivity contribution in [2.75, 3.05) is 19.4 Å². The molecule has 0 aliphatic rings. The Hall–Kier alpha value is -1.53. The molecule has 0 heterocycles. The molecule has 0 fully saturated rings. The monoisotopic (exact) mass is 297 g/mol. The lowest BCUT2D eigenvalue weighted by molar-refractivity contribution is -0.140. The molecule has 6 heteroatoms. The second kappa shape index (κ2) is 8.60. The Kier molecular flexibility index (Phi) is 7.11. The van der Waals surface area contributed by atoms with Crippen LogP contribution >= 0.6 is 11.8 Å². The van der Waals surface area contributed by atoms with E-state index in [1.807, 2.05) is 31.2 Å². The molecule has 0 aliphatic heterocycles. The Balaban J connectivity index is 2.33. The molecule has 1 rings (SSSR count). The zero-order valence-corrected chi connectivity index (χ0v) is 12.4. The lowest BCUT2D eigenvalue weighted by atomic mass is 10.2. The van der Waals surface area contributed by atoms with E-state index in [9.17, 15) is 9.59 Å². The number of ether oxygens (including phenoxy) is 1. The highest BCUT2D eigenvalue weighted by molar-refractivity contribution is 8.00. The molecule has 2 N–H and O–H groups in total. The van der Waals surface area contributed by atoms with Crippen molar-refractivity contribution >= 4 is 23.6 Å². The van der Waals surface area contributed by atoms with Gasteiger partial charge in [-0.3, -0.25) is 9.59 Å². The number of hydrogen-bond donors (Lipinski definition) is 2. The molecule has 0 radical (unpaired) electrons. The molecule has 1 amide bonds. The lowest BCUT2D eigenvalue weighted by Crippen LogP contribution is -2.35. The van der Waals surface area contributed by atoms with E-state index in [4.69, 9.17) is 9.84 Å². The van der Waals surface area contributed by atoms with E-state index >= 15 is 0 Å². The lowest BCUT2D eigenvalue weighted by Gasteiger charge is -2.14. The van der Waals surface area contributed by atoms with Gasteiger partial charge in [0.2, 0.25) is 5.91 Å². The first-order valence-corrected chi connectivity index (χ1v) is 7.21. The van der Waals surface area contributed by atoms with Crippen LogP contribution in [0.5, 0.6) is 0 Å². The van der Waals surface area contributed by atoms with Gasteiger partial charge in [-0.1, -0.05) is 18.2 Å². The predicted molar refractivity (Wildman–Crippen MR) is 78.0 cm³/mol. The molecule has 0 saturated heterocycles. The number of amides is 1. The first kappa shape index (κ1) is 16.5. The van der Waals surface area contributed by atoms with E-state index in [0.29, 0.717) is 5.75 Å². The van der Waals surface area contributed by atoms with Crippen LogP contribution in [0.1, 0.15) is 12.0 Å². The Morgan fingerprint density at radius 1 is 1.40 bits per heavy atom. The third kappa shape index (κ3) is 6.08. The number of carboxylic acid groups (broad SMARTS) is 1. The van der Waals surface area contributed by atoms with E-state index in [0.717, 1.165) is 10.5 Å². The molecule has 0 bridgehead atoms. The van der Waals surface area contributed by atoms with Gasteiger partial charge in [0.25, 0.3) is 0 Å². The molecule has 1 aromatic carbocycles. The number of benzene rings is 1. The molecule has 5 nitrogen and oxygen atoms in total. The van der Waals surface area contributed by atoms with Gasteiger partial charge in [-0.05, 0) is 18.6 Å². The molecule has 1 aromatic rings. The number of hydrogen-bond acceptors (Lipinski definition) is 4. The van der Waals surface area contributed by atoms with Gasteiger partial charge in [0, 0.05) is 18.6 Å². The highest BCUT2D eigenvalue weighted by Crippen LogP contribution is 2.21. The van der Waals surface area contributed by atoms with Gasteiger partial charge < -0.3 is 15.2 Å². The maximum Gasteiger partial charge on any atom is 0.306 e. The third-order valence-electron chi connectivity index (χ3n) is 2.71. The van der Waals surface area contributed by atoms with E-state index in [2.05, 4.69) is 5.32 Å². The smallest absolute Gasteiger partial charge is 0.306 e. The van der Waals surface area contributed by atoms with Crippen LogP contribution in [0.4, 0.5) is 0 Å². The summed E-state index contributed by atoms with van der Waals surface area (Å²) in [6.07, 6.45) is -0.623. The van der Waals surface area contributed by atoms with E-state index in [-0.39, 0.29) is 18.9 Å². The topological polar surface area (TPSA) is 75.6 Å². The van der Waals surface area contributed by atoms with Crippen LogP contribution in [0.2, 0.25) is 0 Å². The summed E-state index contributed by atoms with van der Waals surface area (Å²) in [5.41, 5.74) is 1.13. The summed E-state index contributed by atoms with van der Waals surface area (Å²) in [7, 11) is 1.43. The third-order valence-corrected chi connectivity index (χ3v) is 3.89. The van der Waals surface area contributed by atoms with Crippen LogP contribution in [-0.2, 0) is 14.3 Å².